The van der Waals surface area contributed by atoms with Crippen LogP contribution in [0.3, 0.4) is 0 Å². The average molecular weight is 192 g/mol. The summed E-state index contributed by atoms with van der Waals surface area (Å²) in [6, 6.07) is 10.1. The topological polar surface area (TPSA) is 17.1 Å². The van der Waals surface area contributed by atoms with Crippen molar-refractivity contribution in [2.45, 2.75) is 11.7 Å². The van der Waals surface area contributed by atoms with Gasteiger partial charge in [0.15, 0.2) is 0 Å². The summed E-state index contributed by atoms with van der Waals surface area (Å²) in [5, 5.41) is 0.214. The van der Waals surface area contributed by atoms with E-state index in [0.29, 0.717) is 5.75 Å². The fourth-order valence-corrected chi connectivity index (χ4v) is 2.91. The molecule has 2 heteroatoms. The third-order valence-electron chi connectivity index (χ3n) is 2.27. The van der Waals surface area contributed by atoms with Crippen LogP contribution in [0.2, 0.25) is 0 Å². The molecular weight excluding hydrogens is 180 g/mol. The molecule has 1 aromatic rings. The standard InChI is InChI=1S/C11H12OS/c12-13-9-5-4-8-11(13)10-6-2-1-3-7-10/h1-7,11H,8-9H2/t11-,13?/m0/s1. The zero-order chi connectivity index (χ0) is 9.10. The molecule has 2 atom stereocenters. The molecule has 0 bridgehead atoms. The maximum absolute atomic E-state index is 11.7. The zero-order valence-electron chi connectivity index (χ0n) is 7.35. The quantitative estimate of drug-likeness (QED) is 0.625. The van der Waals surface area contributed by atoms with Crippen LogP contribution in [-0.2, 0) is 10.8 Å². The summed E-state index contributed by atoms with van der Waals surface area (Å²) < 4.78 is 11.7. The predicted molar refractivity (Wildman–Crippen MR) is 55.9 cm³/mol. The van der Waals surface area contributed by atoms with E-state index in [1.54, 1.807) is 0 Å². The van der Waals surface area contributed by atoms with E-state index < -0.39 is 10.8 Å². The Balaban J connectivity index is 2.26. The Labute approximate surface area is 80.9 Å². The van der Waals surface area contributed by atoms with E-state index in [9.17, 15) is 4.21 Å². The molecular formula is C11H12OS. The first-order valence-corrected chi connectivity index (χ1v) is 5.83. The van der Waals surface area contributed by atoms with Crippen LogP contribution < -0.4 is 0 Å². The molecule has 0 aliphatic carbocycles. The lowest BCUT2D eigenvalue weighted by atomic mass is 10.1. The van der Waals surface area contributed by atoms with Crippen molar-refractivity contribution in [1.29, 1.82) is 0 Å². The molecule has 0 fully saturated rings. The first kappa shape index (κ1) is 8.70. The lowest BCUT2D eigenvalue weighted by molar-refractivity contribution is 0.672. The van der Waals surface area contributed by atoms with Gasteiger partial charge in [-0.1, -0.05) is 42.5 Å². The molecule has 0 N–H and O–H groups in total. The van der Waals surface area contributed by atoms with Gasteiger partial charge < -0.3 is 0 Å². The van der Waals surface area contributed by atoms with Crippen LogP contribution in [-0.4, -0.2) is 9.96 Å². The second-order valence-corrected chi connectivity index (χ2v) is 4.82. The summed E-state index contributed by atoms with van der Waals surface area (Å²) in [7, 11) is -0.716. The van der Waals surface area contributed by atoms with Crippen molar-refractivity contribution in [2.75, 3.05) is 5.75 Å². The highest BCUT2D eigenvalue weighted by Gasteiger charge is 2.18. The Morgan fingerprint density at radius 3 is 2.62 bits per heavy atom. The Kier molecular flexibility index (Phi) is 2.60. The largest absolute Gasteiger partial charge is 0.259 e. The molecule has 0 aromatic heterocycles. The van der Waals surface area contributed by atoms with E-state index in [-0.39, 0.29) is 5.25 Å². The smallest absolute Gasteiger partial charge is 0.0634 e. The van der Waals surface area contributed by atoms with Crippen molar-refractivity contribution in [3.63, 3.8) is 0 Å². The molecule has 13 heavy (non-hydrogen) atoms. The van der Waals surface area contributed by atoms with Crippen LogP contribution in [0.15, 0.2) is 42.5 Å². The summed E-state index contributed by atoms with van der Waals surface area (Å²) in [6.07, 6.45) is 5.05. The minimum Gasteiger partial charge on any atom is -0.259 e. The summed E-state index contributed by atoms with van der Waals surface area (Å²) in [4.78, 5) is 0. The number of allylic oxidation sites excluding steroid dienone is 1. The van der Waals surface area contributed by atoms with Crippen molar-refractivity contribution in [1.82, 2.24) is 0 Å². The van der Waals surface area contributed by atoms with E-state index >= 15 is 0 Å². The van der Waals surface area contributed by atoms with Gasteiger partial charge in [-0.15, -0.1) is 0 Å². The molecule has 1 aliphatic heterocycles. The molecule has 0 amide bonds. The van der Waals surface area contributed by atoms with Crippen LogP contribution in [0.1, 0.15) is 17.2 Å². The lowest BCUT2D eigenvalue weighted by Gasteiger charge is -2.17. The van der Waals surface area contributed by atoms with Crippen LogP contribution >= 0.6 is 0 Å². The SMILES string of the molecule is O=S1CC=CC[C@H]1c1ccccc1. The summed E-state index contributed by atoms with van der Waals surface area (Å²) >= 11 is 0. The average Bonchev–Trinajstić information content (AvgIpc) is 2.20. The molecule has 1 unspecified atom stereocenters. The van der Waals surface area contributed by atoms with Gasteiger partial charge in [0.1, 0.15) is 0 Å². The number of rotatable bonds is 1. The third-order valence-corrected chi connectivity index (χ3v) is 3.89. The molecule has 0 saturated heterocycles. The zero-order valence-corrected chi connectivity index (χ0v) is 8.17. The summed E-state index contributed by atoms with van der Waals surface area (Å²) in [5.41, 5.74) is 1.20. The second-order valence-electron chi connectivity index (χ2n) is 3.15. The van der Waals surface area contributed by atoms with Gasteiger partial charge in [0.05, 0.1) is 5.25 Å². The van der Waals surface area contributed by atoms with Gasteiger partial charge in [-0.2, -0.15) is 0 Å². The monoisotopic (exact) mass is 192 g/mol. The minimum absolute atomic E-state index is 0.214. The van der Waals surface area contributed by atoms with Crippen molar-refractivity contribution in [3.05, 3.63) is 48.0 Å². The molecule has 1 heterocycles. The van der Waals surface area contributed by atoms with E-state index in [0.717, 1.165) is 6.42 Å². The number of hydrogen-bond donors (Lipinski definition) is 0. The highest BCUT2D eigenvalue weighted by atomic mass is 32.2. The minimum atomic E-state index is -0.716. The van der Waals surface area contributed by atoms with E-state index in [1.165, 1.54) is 5.56 Å². The Bertz CT molecular complexity index is 329. The maximum Gasteiger partial charge on any atom is 0.0634 e. The van der Waals surface area contributed by atoms with Crippen molar-refractivity contribution in [2.24, 2.45) is 0 Å². The van der Waals surface area contributed by atoms with Gasteiger partial charge in [-0.25, -0.2) is 0 Å². The van der Waals surface area contributed by atoms with Crippen LogP contribution in [0.5, 0.6) is 0 Å². The van der Waals surface area contributed by atoms with Gasteiger partial charge >= 0.3 is 0 Å². The van der Waals surface area contributed by atoms with E-state index in [1.807, 2.05) is 24.3 Å². The molecule has 1 nitrogen and oxygen atoms in total. The molecule has 0 radical (unpaired) electrons. The summed E-state index contributed by atoms with van der Waals surface area (Å²) in [6.45, 7) is 0. The van der Waals surface area contributed by atoms with Gasteiger partial charge in [0.25, 0.3) is 0 Å². The first-order valence-electron chi connectivity index (χ1n) is 4.45. The third kappa shape index (κ3) is 1.89. The highest BCUT2D eigenvalue weighted by molar-refractivity contribution is 7.85. The van der Waals surface area contributed by atoms with Crippen molar-refractivity contribution >= 4 is 10.8 Å². The molecule has 2 rings (SSSR count). The summed E-state index contributed by atoms with van der Waals surface area (Å²) in [5.74, 6) is 0.708. The van der Waals surface area contributed by atoms with Gasteiger partial charge in [-0.3, -0.25) is 4.21 Å². The normalized spacial score (nSPS) is 27.4. The molecule has 0 saturated carbocycles. The van der Waals surface area contributed by atoms with Crippen LogP contribution in [0, 0.1) is 0 Å². The second kappa shape index (κ2) is 3.88. The number of benzene rings is 1. The van der Waals surface area contributed by atoms with E-state index in [4.69, 9.17) is 0 Å². The molecule has 1 aliphatic rings. The van der Waals surface area contributed by atoms with Crippen LogP contribution in [0.25, 0.3) is 0 Å². The first-order chi connectivity index (χ1) is 6.38. The Morgan fingerprint density at radius 2 is 1.92 bits per heavy atom. The number of hydrogen-bond acceptors (Lipinski definition) is 1. The van der Waals surface area contributed by atoms with E-state index in [2.05, 4.69) is 18.2 Å². The van der Waals surface area contributed by atoms with Gasteiger partial charge in [0, 0.05) is 16.6 Å². The highest BCUT2D eigenvalue weighted by Crippen LogP contribution is 2.26. The fraction of sp³-hybridized carbons (Fsp3) is 0.273. The fourth-order valence-electron chi connectivity index (χ4n) is 1.56. The molecule has 0 spiro atoms. The van der Waals surface area contributed by atoms with Crippen LogP contribution in [0.4, 0.5) is 0 Å². The Hall–Kier alpha value is -0.890. The lowest BCUT2D eigenvalue weighted by Crippen LogP contribution is -2.11. The van der Waals surface area contributed by atoms with Gasteiger partial charge in [0.2, 0.25) is 0 Å². The molecule has 68 valence electrons. The molecule has 1 aromatic carbocycles. The predicted octanol–water partition coefficient (Wildman–Crippen LogP) is 2.44. The van der Waals surface area contributed by atoms with Crippen molar-refractivity contribution < 1.29 is 4.21 Å². The van der Waals surface area contributed by atoms with Gasteiger partial charge in [-0.05, 0) is 12.0 Å². The Morgan fingerprint density at radius 1 is 1.15 bits per heavy atom. The van der Waals surface area contributed by atoms with Crippen molar-refractivity contribution in [3.8, 4) is 0 Å². The maximum atomic E-state index is 11.7.